The van der Waals surface area contributed by atoms with Crippen LogP contribution >= 0.6 is 11.6 Å². The Labute approximate surface area is 180 Å². The average molecular weight is 423 g/mol. The van der Waals surface area contributed by atoms with Gasteiger partial charge in [0, 0.05) is 11.1 Å². The first-order valence-corrected chi connectivity index (χ1v) is 9.94. The monoisotopic (exact) mass is 422 g/mol. The van der Waals surface area contributed by atoms with Gasteiger partial charge in [-0.05, 0) is 68.4 Å². The van der Waals surface area contributed by atoms with E-state index in [1.165, 1.54) is 0 Å². The summed E-state index contributed by atoms with van der Waals surface area (Å²) in [5, 5.41) is 10.1. The van der Waals surface area contributed by atoms with Gasteiger partial charge in [0.15, 0.2) is 0 Å². The maximum atomic E-state index is 6.35. The highest BCUT2D eigenvalue weighted by Gasteiger charge is 2.15. The van der Waals surface area contributed by atoms with Crippen LogP contribution in [0.3, 0.4) is 0 Å². The maximum absolute atomic E-state index is 6.35. The molecule has 0 saturated carbocycles. The Morgan fingerprint density at radius 3 is 1.87 bits per heavy atom. The largest absolute Gasteiger partial charge is 0.497 e. The Balaban J connectivity index is 1.78. The predicted molar refractivity (Wildman–Crippen MR) is 118 cm³/mol. The molecule has 4 rings (SSSR count). The summed E-state index contributed by atoms with van der Waals surface area (Å²) in [4.78, 5) is 0. The molecule has 0 N–H and O–H groups in total. The molecule has 0 aliphatic rings. The van der Waals surface area contributed by atoms with Crippen molar-refractivity contribution < 1.29 is 9.47 Å². The number of halogens is 1. The number of benzene rings is 2. The zero-order valence-electron chi connectivity index (χ0n) is 17.4. The molecule has 2 aromatic carbocycles. The van der Waals surface area contributed by atoms with Crippen LogP contribution in [0.5, 0.6) is 11.5 Å². The lowest BCUT2D eigenvalue weighted by molar-refractivity contribution is 0.414. The molecule has 7 heteroatoms. The van der Waals surface area contributed by atoms with E-state index in [1.54, 1.807) is 14.2 Å². The van der Waals surface area contributed by atoms with Gasteiger partial charge in [-0.15, -0.1) is 0 Å². The summed E-state index contributed by atoms with van der Waals surface area (Å²) in [7, 11) is 3.32. The third-order valence-electron chi connectivity index (χ3n) is 5.11. The molecule has 0 spiro atoms. The number of rotatable bonds is 6. The van der Waals surface area contributed by atoms with Crippen LogP contribution in [-0.4, -0.2) is 33.8 Å². The lowest BCUT2D eigenvalue weighted by Gasteiger charge is -2.10. The standard InChI is InChI=1S/C23H23ClN4O2/c1-15-23(24)16(2)27(25-15)14-28-22(18-7-11-20(30-4)12-8-18)13-21(26-28)17-5-9-19(29-3)10-6-17/h5-13H,14H2,1-4H3. The molecule has 6 nitrogen and oxygen atoms in total. The summed E-state index contributed by atoms with van der Waals surface area (Å²) >= 11 is 6.35. The molecule has 0 fully saturated rings. The smallest absolute Gasteiger partial charge is 0.134 e. The minimum absolute atomic E-state index is 0.455. The van der Waals surface area contributed by atoms with E-state index in [0.29, 0.717) is 11.7 Å². The van der Waals surface area contributed by atoms with Crippen LogP contribution in [0.25, 0.3) is 22.5 Å². The molecule has 0 saturated heterocycles. The van der Waals surface area contributed by atoms with Gasteiger partial charge in [-0.1, -0.05) is 11.6 Å². The Hall–Kier alpha value is -3.25. The molecule has 30 heavy (non-hydrogen) atoms. The summed E-state index contributed by atoms with van der Waals surface area (Å²) < 4.78 is 14.4. The van der Waals surface area contributed by atoms with Crippen molar-refractivity contribution >= 4 is 11.6 Å². The van der Waals surface area contributed by atoms with Gasteiger partial charge in [-0.2, -0.15) is 10.2 Å². The maximum Gasteiger partial charge on any atom is 0.134 e. The molecular weight excluding hydrogens is 400 g/mol. The SMILES string of the molecule is COc1ccc(-c2cc(-c3ccc(OC)cc3)n(Cn3nc(C)c(Cl)c3C)n2)cc1. The molecule has 0 atom stereocenters. The number of aryl methyl sites for hydroxylation is 1. The van der Waals surface area contributed by atoms with Crippen molar-refractivity contribution in [1.82, 2.24) is 19.6 Å². The van der Waals surface area contributed by atoms with Crippen molar-refractivity contribution in [2.45, 2.75) is 20.5 Å². The second-order valence-corrected chi connectivity index (χ2v) is 7.38. The van der Waals surface area contributed by atoms with Crippen LogP contribution in [0.2, 0.25) is 5.02 Å². The van der Waals surface area contributed by atoms with Crippen LogP contribution < -0.4 is 9.47 Å². The normalized spacial score (nSPS) is 11.0. The second-order valence-electron chi connectivity index (χ2n) is 7.00. The lowest BCUT2D eigenvalue weighted by Crippen LogP contribution is -2.13. The second kappa shape index (κ2) is 8.24. The molecule has 0 aliphatic heterocycles. The summed E-state index contributed by atoms with van der Waals surface area (Å²) in [6.07, 6.45) is 0. The minimum Gasteiger partial charge on any atom is -0.497 e. The first kappa shape index (κ1) is 20.0. The summed E-state index contributed by atoms with van der Waals surface area (Å²) in [6, 6.07) is 17.9. The van der Waals surface area contributed by atoms with E-state index in [1.807, 2.05) is 71.7 Å². The zero-order valence-corrected chi connectivity index (χ0v) is 18.1. The van der Waals surface area contributed by atoms with Gasteiger partial charge in [0.05, 0.1) is 42.0 Å². The number of methoxy groups -OCH3 is 2. The fourth-order valence-corrected chi connectivity index (χ4v) is 3.50. The minimum atomic E-state index is 0.455. The Morgan fingerprint density at radius 2 is 1.37 bits per heavy atom. The van der Waals surface area contributed by atoms with E-state index in [4.69, 9.17) is 26.2 Å². The van der Waals surface area contributed by atoms with Gasteiger partial charge in [0.1, 0.15) is 18.2 Å². The Morgan fingerprint density at radius 1 is 0.800 bits per heavy atom. The fourth-order valence-electron chi connectivity index (χ4n) is 3.36. The van der Waals surface area contributed by atoms with Gasteiger partial charge in [-0.25, -0.2) is 9.36 Å². The van der Waals surface area contributed by atoms with Crippen molar-refractivity contribution in [3.63, 3.8) is 0 Å². The molecule has 0 bridgehead atoms. The molecule has 2 aromatic heterocycles. The number of nitrogens with zero attached hydrogens (tertiary/aromatic N) is 4. The molecule has 0 unspecified atom stereocenters. The summed E-state index contributed by atoms with van der Waals surface area (Å²) in [5.74, 6) is 1.62. The third-order valence-corrected chi connectivity index (χ3v) is 5.66. The number of hydrogen-bond acceptors (Lipinski definition) is 4. The highest BCUT2D eigenvalue weighted by molar-refractivity contribution is 6.31. The van der Waals surface area contributed by atoms with E-state index in [0.717, 1.165) is 45.4 Å². The van der Waals surface area contributed by atoms with Crippen LogP contribution in [0, 0.1) is 13.8 Å². The van der Waals surface area contributed by atoms with Crippen molar-refractivity contribution in [3.05, 3.63) is 71.0 Å². The highest BCUT2D eigenvalue weighted by Crippen LogP contribution is 2.29. The fraction of sp³-hybridized carbons (Fsp3) is 0.217. The molecule has 0 amide bonds. The van der Waals surface area contributed by atoms with Gasteiger partial charge >= 0.3 is 0 Å². The van der Waals surface area contributed by atoms with Crippen LogP contribution in [0.1, 0.15) is 11.4 Å². The summed E-state index contributed by atoms with van der Waals surface area (Å²) in [5.41, 5.74) is 5.62. The van der Waals surface area contributed by atoms with Crippen LogP contribution in [0.15, 0.2) is 54.6 Å². The Bertz CT molecular complexity index is 1160. The Kier molecular flexibility index (Phi) is 5.50. The molecule has 4 aromatic rings. The van der Waals surface area contributed by atoms with E-state index < -0.39 is 0 Å². The number of ether oxygens (including phenoxy) is 2. The predicted octanol–water partition coefficient (Wildman–Crippen LogP) is 5.21. The third kappa shape index (κ3) is 3.78. The van der Waals surface area contributed by atoms with E-state index in [9.17, 15) is 0 Å². The van der Waals surface area contributed by atoms with Crippen molar-refractivity contribution in [2.24, 2.45) is 0 Å². The van der Waals surface area contributed by atoms with Crippen molar-refractivity contribution in [3.8, 4) is 34.0 Å². The quantitative estimate of drug-likeness (QED) is 0.428. The van der Waals surface area contributed by atoms with Crippen LogP contribution in [0.4, 0.5) is 0 Å². The molecule has 2 heterocycles. The first-order valence-electron chi connectivity index (χ1n) is 9.56. The van der Waals surface area contributed by atoms with Gasteiger partial charge in [0.25, 0.3) is 0 Å². The van der Waals surface area contributed by atoms with E-state index in [-0.39, 0.29) is 0 Å². The molecule has 0 aliphatic carbocycles. The number of hydrogen-bond donors (Lipinski definition) is 0. The molecule has 154 valence electrons. The average Bonchev–Trinajstić information content (AvgIpc) is 3.31. The van der Waals surface area contributed by atoms with E-state index >= 15 is 0 Å². The lowest BCUT2D eigenvalue weighted by atomic mass is 10.1. The number of aromatic nitrogens is 4. The zero-order chi connectivity index (χ0) is 21.3. The molecular formula is C23H23ClN4O2. The van der Waals surface area contributed by atoms with Crippen LogP contribution in [-0.2, 0) is 6.67 Å². The topological polar surface area (TPSA) is 54.1 Å². The van der Waals surface area contributed by atoms with Gasteiger partial charge in [-0.3, -0.25) is 0 Å². The van der Waals surface area contributed by atoms with Crippen molar-refractivity contribution in [1.29, 1.82) is 0 Å². The highest BCUT2D eigenvalue weighted by atomic mass is 35.5. The summed E-state index contributed by atoms with van der Waals surface area (Å²) in [6.45, 7) is 4.32. The van der Waals surface area contributed by atoms with E-state index in [2.05, 4.69) is 11.2 Å². The van der Waals surface area contributed by atoms with Gasteiger partial charge < -0.3 is 9.47 Å². The molecule has 0 radical (unpaired) electrons. The van der Waals surface area contributed by atoms with Gasteiger partial charge in [0.2, 0.25) is 0 Å². The van der Waals surface area contributed by atoms with Crippen molar-refractivity contribution in [2.75, 3.05) is 14.2 Å². The first-order chi connectivity index (χ1) is 14.5.